The number of benzene rings is 3. The van der Waals surface area contributed by atoms with Crippen molar-refractivity contribution in [3.05, 3.63) is 83.4 Å². The Morgan fingerprint density at radius 3 is 2.17 bits per heavy atom. The Kier molecular flexibility index (Phi) is 8.14. The van der Waals surface area contributed by atoms with Crippen molar-refractivity contribution in [1.29, 1.82) is 0 Å². The van der Waals surface area contributed by atoms with Gasteiger partial charge in [-0.2, -0.15) is 0 Å². The summed E-state index contributed by atoms with van der Waals surface area (Å²) in [4.78, 5) is 25.0. The van der Waals surface area contributed by atoms with Crippen LogP contribution >= 0.6 is 0 Å². The molecule has 3 rings (SSSR count). The summed E-state index contributed by atoms with van der Waals surface area (Å²) in [6.07, 6.45) is 0. The van der Waals surface area contributed by atoms with Crippen LogP contribution in [0, 0.1) is 13.8 Å². The van der Waals surface area contributed by atoms with Crippen LogP contribution in [0.3, 0.4) is 0 Å². The molecule has 0 aliphatic heterocycles. The van der Waals surface area contributed by atoms with E-state index >= 15 is 0 Å². The van der Waals surface area contributed by atoms with Gasteiger partial charge < -0.3 is 14.8 Å². The first-order valence-electron chi connectivity index (χ1n) is 11.0. The van der Waals surface area contributed by atoms with Crippen molar-refractivity contribution in [2.75, 3.05) is 29.9 Å². The fraction of sp³-hybridized carbons (Fsp3) is 0.231. The molecular formula is C26H28N2O6S. The second-order valence-electron chi connectivity index (χ2n) is 7.82. The smallest absolute Gasteiger partial charge is 0.338 e. The zero-order valence-electron chi connectivity index (χ0n) is 20.1. The first-order chi connectivity index (χ1) is 16.6. The monoisotopic (exact) mass is 496 g/mol. The van der Waals surface area contributed by atoms with Gasteiger partial charge in [0.25, 0.3) is 10.0 Å². The summed E-state index contributed by atoms with van der Waals surface area (Å²) < 4.78 is 38.2. The van der Waals surface area contributed by atoms with Gasteiger partial charge in [0.2, 0.25) is 5.91 Å². The molecule has 0 fully saturated rings. The molecule has 184 valence electrons. The topological polar surface area (TPSA) is 102 Å². The minimum atomic E-state index is -4.06. The van der Waals surface area contributed by atoms with Crippen LogP contribution in [-0.2, 0) is 19.6 Å². The van der Waals surface area contributed by atoms with Gasteiger partial charge in [-0.15, -0.1) is 0 Å². The number of aryl methyl sites for hydroxylation is 2. The predicted octanol–water partition coefficient (Wildman–Crippen LogP) is 4.32. The Bertz CT molecular complexity index is 1300. The molecule has 0 bridgehead atoms. The number of hydrogen-bond acceptors (Lipinski definition) is 6. The normalized spacial score (nSPS) is 11.0. The standard InChI is InChI=1S/C26H28N2O6S/c1-5-34-26(30)20-8-15-24(19(3)16-20)27-25(29)17-28(21-9-6-18(2)7-10-21)35(31,32)23-13-11-22(33-4)12-14-23/h6-16H,5,17H2,1-4H3,(H,27,29). The van der Waals surface area contributed by atoms with Crippen LogP contribution < -0.4 is 14.4 Å². The van der Waals surface area contributed by atoms with Crippen molar-refractivity contribution < 1.29 is 27.5 Å². The summed E-state index contributed by atoms with van der Waals surface area (Å²) in [5, 5.41) is 2.74. The predicted molar refractivity (Wildman–Crippen MR) is 134 cm³/mol. The van der Waals surface area contributed by atoms with Gasteiger partial charge in [-0.3, -0.25) is 9.10 Å². The Morgan fingerprint density at radius 2 is 1.60 bits per heavy atom. The van der Waals surface area contributed by atoms with Crippen molar-refractivity contribution >= 4 is 33.3 Å². The molecule has 9 heteroatoms. The van der Waals surface area contributed by atoms with Crippen LogP contribution in [0.15, 0.2) is 71.6 Å². The van der Waals surface area contributed by atoms with Gasteiger partial charge in [-0.05, 0) is 80.9 Å². The van der Waals surface area contributed by atoms with Gasteiger partial charge >= 0.3 is 5.97 Å². The van der Waals surface area contributed by atoms with E-state index in [0.29, 0.717) is 28.3 Å². The van der Waals surface area contributed by atoms with Crippen molar-refractivity contribution in [1.82, 2.24) is 0 Å². The quantitative estimate of drug-likeness (QED) is 0.443. The molecule has 0 saturated carbocycles. The molecular weight excluding hydrogens is 468 g/mol. The molecule has 0 aliphatic rings. The molecule has 1 amide bonds. The van der Waals surface area contributed by atoms with Gasteiger partial charge in [0.15, 0.2) is 0 Å². The first kappa shape index (κ1) is 25.8. The highest BCUT2D eigenvalue weighted by Gasteiger charge is 2.27. The molecule has 3 aromatic carbocycles. The number of ether oxygens (including phenoxy) is 2. The van der Waals surface area contributed by atoms with Gasteiger partial charge in [0.05, 0.1) is 29.9 Å². The lowest BCUT2D eigenvalue weighted by molar-refractivity contribution is -0.114. The Labute approximate surface area is 205 Å². The van der Waals surface area contributed by atoms with E-state index in [2.05, 4.69) is 5.32 Å². The second-order valence-corrected chi connectivity index (χ2v) is 9.68. The molecule has 0 aliphatic carbocycles. The largest absolute Gasteiger partial charge is 0.497 e. The number of nitrogens with one attached hydrogen (secondary N) is 1. The highest BCUT2D eigenvalue weighted by atomic mass is 32.2. The maximum atomic E-state index is 13.5. The molecule has 8 nitrogen and oxygen atoms in total. The van der Waals surface area contributed by atoms with Crippen LogP contribution in [0.2, 0.25) is 0 Å². The van der Waals surface area contributed by atoms with Crippen LogP contribution in [0.5, 0.6) is 5.75 Å². The summed E-state index contributed by atoms with van der Waals surface area (Å²) in [5.41, 5.74) is 2.79. The number of esters is 1. The van der Waals surface area contributed by atoms with Crippen LogP contribution in [0.4, 0.5) is 11.4 Å². The summed E-state index contributed by atoms with van der Waals surface area (Å²) in [6.45, 7) is 5.16. The van der Waals surface area contributed by atoms with Gasteiger partial charge in [0, 0.05) is 5.69 Å². The molecule has 0 atom stereocenters. The van der Waals surface area contributed by atoms with Gasteiger partial charge in [-0.25, -0.2) is 13.2 Å². The lowest BCUT2D eigenvalue weighted by atomic mass is 10.1. The zero-order valence-corrected chi connectivity index (χ0v) is 20.9. The van der Waals surface area contributed by atoms with E-state index in [9.17, 15) is 18.0 Å². The van der Waals surface area contributed by atoms with E-state index in [1.54, 1.807) is 68.4 Å². The molecule has 0 saturated heterocycles. The number of carbonyl (C=O) groups excluding carboxylic acids is 2. The minimum Gasteiger partial charge on any atom is -0.497 e. The van der Waals surface area contributed by atoms with E-state index < -0.39 is 28.4 Å². The number of nitrogens with zero attached hydrogens (tertiary/aromatic N) is 1. The lowest BCUT2D eigenvalue weighted by Gasteiger charge is -2.24. The highest BCUT2D eigenvalue weighted by molar-refractivity contribution is 7.92. The maximum absolute atomic E-state index is 13.5. The molecule has 1 N–H and O–H groups in total. The van der Waals surface area contributed by atoms with Crippen molar-refractivity contribution in [3.63, 3.8) is 0 Å². The molecule has 35 heavy (non-hydrogen) atoms. The van der Waals surface area contributed by atoms with Crippen LogP contribution in [0.1, 0.15) is 28.4 Å². The van der Waals surface area contributed by atoms with Crippen molar-refractivity contribution in [2.24, 2.45) is 0 Å². The minimum absolute atomic E-state index is 0.0293. The van der Waals surface area contributed by atoms with E-state index in [1.807, 2.05) is 6.92 Å². The highest BCUT2D eigenvalue weighted by Crippen LogP contribution is 2.26. The summed E-state index contributed by atoms with van der Waals surface area (Å²) in [7, 11) is -2.56. The number of rotatable bonds is 9. The van der Waals surface area contributed by atoms with Crippen LogP contribution in [0.25, 0.3) is 0 Å². The van der Waals surface area contributed by atoms with E-state index in [4.69, 9.17) is 9.47 Å². The molecule has 0 radical (unpaired) electrons. The average Bonchev–Trinajstić information content (AvgIpc) is 2.84. The van der Waals surface area contributed by atoms with Crippen molar-refractivity contribution in [2.45, 2.75) is 25.7 Å². The summed E-state index contributed by atoms with van der Waals surface area (Å²) >= 11 is 0. The van der Waals surface area contributed by atoms with E-state index in [1.165, 1.54) is 19.2 Å². The second kappa shape index (κ2) is 11.1. The van der Waals surface area contributed by atoms with Crippen LogP contribution in [-0.4, -0.2) is 40.6 Å². The average molecular weight is 497 g/mol. The van der Waals surface area contributed by atoms with E-state index in [-0.39, 0.29) is 11.5 Å². The number of amides is 1. The number of carbonyl (C=O) groups is 2. The third-order valence-electron chi connectivity index (χ3n) is 5.27. The third kappa shape index (κ3) is 6.19. The number of methoxy groups -OCH3 is 1. The first-order valence-corrected chi connectivity index (χ1v) is 12.4. The summed E-state index contributed by atoms with van der Waals surface area (Å²) in [5.74, 6) is -0.468. The third-order valence-corrected chi connectivity index (χ3v) is 7.06. The lowest BCUT2D eigenvalue weighted by Crippen LogP contribution is -2.38. The van der Waals surface area contributed by atoms with E-state index in [0.717, 1.165) is 9.87 Å². The molecule has 0 unspecified atom stereocenters. The zero-order chi connectivity index (χ0) is 25.6. The Balaban J connectivity index is 1.88. The maximum Gasteiger partial charge on any atom is 0.338 e. The fourth-order valence-electron chi connectivity index (χ4n) is 3.37. The fourth-order valence-corrected chi connectivity index (χ4v) is 4.79. The number of sulfonamides is 1. The molecule has 0 spiro atoms. The Morgan fingerprint density at radius 1 is 0.943 bits per heavy atom. The SMILES string of the molecule is CCOC(=O)c1ccc(NC(=O)CN(c2ccc(C)cc2)S(=O)(=O)c2ccc(OC)cc2)c(C)c1. The van der Waals surface area contributed by atoms with Gasteiger partial charge in [-0.1, -0.05) is 17.7 Å². The number of anilines is 2. The van der Waals surface area contributed by atoms with Gasteiger partial charge in [0.1, 0.15) is 12.3 Å². The van der Waals surface area contributed by atoms with Crippen molar-refractivity contribution in [3.8, 4) is 5.75 Å². The molecule has 3 aromatic rings. The molecule has 0 heterocycles. The number of hydrogen-bond donors (Lipinski definition) is 1. The summed E-state index contributed by atoms with van der Waals surface area (Å²) in [6, 6.07) is 17.6. The Hall–Kier alpha value is -3.85. The molecule has 0 aromatic heterocycles.